The van der Waals surface area contributed by atoms with Gasteiger partial charge in [-0.2, -0.15) is 5.10 Å². The molecule has 0 aliphatic rings. The predicted molar refractivity (Wildman–Crippen MR) is 60.5 cm³/mol. The summed E-state index contributed by atoms with van der Waals surface area (Å²) in [6.07, 6.45) is 4.09. The number of H-pyrrole nitrogens is 1. The number of aromatic nitrogens is 4. The highest BCUT2D eigenvalue weighted by Crippen LogP contribution is 2.08. The van der Waals surface area contributed by atoms with Crippen molar-refractivity contribution >= 4 is 0 Å². The number of rotatable bonds is 3. The van der Waals surface area contributed by atoms with E-state index in [2.05, 4.69) is 29.0 Å². The second-order valence-corrected chi connectivity index (χ2v) is 4.09. The van der Waals surface area contributed by atoms with Crippen molar-refractivity contribution in [3.8, 4) is 5.69 Å². The topological polar surface area (TPSA) is 63.6 Å². The van der Waals surface area contributed by atoms with Crippen LogP contribution in [0.15, 0.2) is 29.3 Å². The molecule has 0 bridgehead atoms. The van der Waals surface area contributed by atoms with Crippen LogP contribution in [0.1, 0.15) is 19.7 Å². The van der Waals surface area contributed by atoms with Gasteiger partial charge in [-0.3, -0.25) is 4.98 Å². The lowest BCUT2D eigenvalue weighted by Gasteiger charge is -2.06. The van der Waals surface area contributed by atoms with Gasteiger partial charge in [-0.25, -0.2) is 14.5 Å². The molecular formula is C11H14N4O. The number of aromatic amines is 1. The van der Waals surface area contributed by atoms with Gasteiger partial charge < -0.3 is 0 Å². The highest BCUT2D eigenvalue weighted by molar-refractivity contribution is 5.28. The zero-order valence-electron chi connectivity index (χ0n) is 9.34. The molecule has 5 heteroatoms. The van der Waals surface area contributed by atoms with Crippen LogP contribution in [0.3, 0.4) is 0 Å². The van der Waals surface area contributed by atoms with Crippen LogP contribution in [-0.4, -0.2) is 19.7 Å². The third-order valence-electron chi connectivity index (χ3n) is 2.24. The Balaban J connectivity index is 2.48. The Morgan fingerprint density at radius 2 is 2.31 bits per heavy atom. The van der Waals surface area contributed by atoms with Gasteiger partial charge in [0.05, 0.1) is 11.9 Å². The molecule has 0 spiro atoms. The monoisotopic (exact) mass is 218 g/mol. The molecule has 2 aromatic rings. The molecule has 0 aliphatic heterocycles. The van der Waals surface area contributed by atoms with Crippen LogP contribution in [0.4, 0.5) is 0 Å². The van der Waals surface area contributed by atoms with Gasteiger partial charge in [0.1, 0.15) is 5.82 Å². The Morgan fingerprint density at radius 1 is 1.50 bits per heavy atom. The van der Waals surface area contributed by atoms with Gasteiger partial charge in [0, 0.05) is 12.6 Å². The fraction of sp³-hybridized carbons (Fsp3) is 0.364. The van der Waals surface area contributed by atoms with E-state index >= 15 is 0 Å². The Kier molecular flexibility index (Phi) is 2.85. The second-order valence-electron chi connectivity index (χ2n) is 4.09. The molecule has 5 nitrogen and oxygen atoms in total. The molecular weight excluding hydrogens is 204 g/mol. The molecule has 0 aliphatic carbocycles. The Bertz CT molecular complexity index is 512. The van der Waals surface area contributed by atoms with Crippen molar-refractivity contribution in [2.45, 2.75) is 20.3 Å². The minimum absolute atomic E-state index is 0.219. The number of nitrogens with one attached hydrogen (secondary N) is 1. The molecule has 0 unspecified atom stereocenters. The molecule has 0 saturated heterocycles. The maximum Gasteiger partial charge on any atom is 0.347 e. The first kappa shape index (κ1) is 10.6. The molecule has 2 aromatic heterocycles. The minimum Gasteiger partial charge on any atom is -0.263 e. The zero-order valence-corrected chi connectivity index (χ0v) is 9.34. The predicted octanol–water partition coefficient (Wildman–Crippen LogP) is 1.15. The van der Waals surface area contributed by atoms with Crippen LogP contribution in [0.2, 0.25) is 0 Å². The van der Waals surface area contributed by atoms with Crippen LogP contribution in [0.25, 0.3) is 5.69 Å². The Hall–Kier alpha value is -1.91. The van der Waals surface area contributed by atoms with Crippen LogP contribution < -0.4 is 5.69 Å². The van der Waals surface area contributed by atoms with Crippen molar-refractivity contribution in [2.75, 3.05) is 0 Å². The smallest absolute Gasteiger partial charge is 0.263 e. The molecule has 84 valence electrons. The van der Waals surface area contributed by atoms with Crippen LogP contribution in [0.5, 0.6) is 0 Å². The highest BCUT2D eigenvalue weighted by atomic mass is 16.1. The first-order valence-electron chi connectivity index (χ1n) is 5.25. The van der Waals surface area contributed by atoms with Gasteiger partial charge in [0.2, 0.25) is 0 Å². The minimum atomic E-state index is -0.219. The highest BCUT2D eigenvalue weighted by Gasteiger charge is 2.11. The summed E-state index contributed by atoms with van der Waals surface area (Å²) < 4.78 is 1.56. The lowest BCUT2D eigenvalue weighted by Crippen LogP contribution is -2.17. The van der Waals surface area contributed by atoms with Gasteiger partial charge in [0.25, 0.3) is 0 Å². The molecule has 0 saturated carbocycles. The average molecular weight is 218 g/mol. The van der Waals surface area contributed by atoms with Gasteiger partial charge in [0.15, 0.2) is 0 Å². The summed E-state index contributed by atoms with van der Waals surface area (Å²) >= 11 is 0. The van der Waals surface area contributed by atoms with Crippen molar-refractivity contribution in [3.05, 3.63) is 40.8 Å². The van der Waals surface area contributed by atoms with Crippen molar-refractivity contribution in [1.29, 1.82) is 0 Å². The molecule has 0 atom stereocenters. The van der Waals surface area contributed by atoms with E-state index in [4.69, 9.17) is 0 Å². The quantitative estimate of drug-likeness (QED) is 0.840. The summed E-state index contributed by atoms with van der Waals surface area (Å²) in [5, 5.41) is 6.50. The molecule has 2 rings (SSSR count). The molecule has 1 N–H and O–H groups in total. The van der Waals surface area contributed by atoms with E-state index in [1.54, 1.807) is 23.0 Å². The van der Waals surface area contributed by atoms with Crippen LogP contribution in [-0.2, 0) is 6.42 Å². The van der Waals surface area contributed by atoms with E-state index in [1.165, 1.54) is 0 Å². The van der Waals surface area contributed by atoms with Gasteiger partial charge in [-0.15, -0.1) is 0 Å². The molecule has 0 aromatic carbocycles. The zero-order chi connectivity index (χ0) is 11.5. The number of nitrogens with zero attached hydrogens (tertiary/aromatic N) is 3. The largest absolute Gasteiger partial charge is 0.347 e. The van der Waals surface area contributed by atoms with Crippen molar-refractivity contribution in [2.24, 2.45) is 5.92 Å². The second kappa shape index (κ2) is 4.30. The van der Waals surface area contributed by atoms with E-state index in [0.717, 1.165) is 17.9 Å². The van der Waals surface area contributed by atoms with Crippen molar-refractivity contribution in [1.82, 2.24) is 19.7 Å². The van der Waals surface area contributed by atoms with E-state index in [-0.39, 0.29) is 5.69 Å². The number of hydrogen-bond acceptors (Lipinski definition) is 3. The maximum absolute atomic E-state index is 11.6. The lowest BCUT2D eigenvalue weighted by molar-refractivity contribution is 0.610. The van der Waals surface area contributed by atoms with Crippen LogP contribution in [0, 0.1) is 5.92 Å². The van der Waals surface area contributed by atoms with E-state index in [9.17, 15) is 4.79 Å². The lowest BCUT2D eigenvalue weighted by atomic mass is 10.1. The van der Waals surface area contributed by atoms with Gasteiger partial charge >= 0.3 is 5.69 Å². The third-order valence-corrected chi connectivity index (χ3v) is 2.24. The van der Waals surface area contributed by atoms with E-state index < -0.39 is 0 Å². The average Bonchev–Trinajstić information content (AvgIpc) is 2.60. The summed E-state index contributed by atoms with van der Waals surface area (Å²) in [4.78, 5) is 15.6. The maximum atomic E-state index is 11.6. The van der Waals surface area contributed by atoms with Crippen molar-refractivity contribution in [3.63, 3.8) is 0 Å². The normalized spacial score (nSPS) is 10.9. The van der Waals surface area contributed by atoms with E-state index in [0.29, 0.717) is 5.92 Å². The first-order chi connectivity index (χ1) is 7.68. The first-order valence-corrected chi connectivity index (χ1v) is 5.25. The molecule has 0 radical (unpaired) electrons. The summed E-state index contributed by atoms with van der Waals surface area (Å²) in [5.74, 6) is 1.19. The number of pyridine rings is 1. The third kappa shape index (κ3) is 2.03. The Labute approximate surface area is 93.2 Å². The summed E-state index contributed by atoms with van der Waals surface area (Å²) in [6.45, 7) is 4.18. The summed E-state index contributed by atoms with van der Waals surface area (Å²) in [7, 11) is 0. The molecule has 16 heavy (non-hydrogen) atoms. The Morgan fingerprint density at radius 3 is 2.94 bits per heavy atom. The fourth-order valence-corrected chi connectivity index (χ4v) is 1.58. The summed E-state index contributed by atoms with van der Waals surface area (Å²) in [6, 6.07) is 3.64. The standard InChI is InChI=1S/C11H14N4O/c1-8(2)6-10-13-14-11(16)15(10)9-4-3-5-12-7-9/h3-5,7-8H,6H2,1-2H3,(H,14,16). The van der Waals surface area contributed by atoms with E-state index in [1.807, 2.05) is 6.07 Å². The molecule has 2 heterocycles. The van der Waals surface area contributed by atoms with Crippen LogP contribution >= 0.6 is 0 Å². The number of hydrogen-bond donors (Lipinski definition) is 1. The molecule has 0 fully saturated rings. The van der Waals surface area contributed by atoms with Gasteiger partial charge in [-0.05, 0) is 18.1 Å². The SMILES string of the molecule is CC(C)Cc1n[nH]c(=O)n1-c1cccnc1. The molecule has 0 amide bonds. The van der Waals surface area contributed by atoms with Gasteiger partial charge in [-0.1, -0.05) is 13.8 Å². The summed E-state index contributed by atoms with van der Waals surface area (Å²) in [5.41, 5.74) is 0.528. The fourth-order valence-electron chi connectivity index (χ4n) is 1.58. The van der Waals surface area contributed by atoms with Crippen molar-refractivity contribution < 1.29 is 0 Å².